The van der Waals surface area contributed by atoms with Crippen LogP contribution in [0.15, 0.2) is 48.5 Å². The average molecular weight is 201 g/mol. The van der Waals surface area contributed by atoms with E-state index >= 15 is 0 Å². The Morgan fingerprint density at radius 1 is 0.800 bits per heavy atom. The SMILES string of the molecule is [O]Cc1ccc(-c2ccc(F)cc2)cc1. The first kappa shape index (κ1) is 9.87. The molecule has 1 nitrogen and oxygen atoms in total. The van der Waals surface area contributed by atoms with E-state index in [2.05, 4.69) is 0 Å². The highest BCUT2D eigenvalue weighted by molar-refractivity contribution is 5.63. The lowest BCUT2D eigenvalue weighted by atomic mass is 10.0. The third kappa shape index (κ3) is 2.22. The lowest BCUT2D eigenvalue weighted by Crippen LogP contribution is -1.82. The molecule has 0 spiro atoms. The molecule has 0 bridgehead atoms. The molecule has 0 unspecified atom stereocenters. The van der Waals surface area contributed by atoms with Crippen LogP contribution in [0.3, 0.4) is 0 Å². The molecule has 0 fully saturated rings. The molecule has 0 saturated carbocycles. The van der Waals surface area contributed by atoms with Crippen LogP contribution in [0.5, 0.6) is 0 Å². The van der Waals surface area contributed by atoms with E-state index in [-0.39, 0.29) is 12.4 Å². The van der Waals surface area contributed by atoms with Gasteiger partial charge in [-0.3, -0.25) is 0 Å². The number of hydrogen-bond acceptors (Lipinski definition) is 0. The summed E-state index contributed by atoms with van der Waals surface area (Å²) >= 11 is 0. The highest BCUT2D eigenvalue weighted by Crippen LogP contribution is 2.19. The van der Waals surface area contributed by atoms with Crippen LogP contribution in [0.1, 0.15) is 5.56 Å². The van der Waals surface area contributed by atoms with Crippen molar-refractivity contribution in [2.24, 2.45) is 0 Å². The van der Waals surface area contributed by atoms with E-state index < -0.39 is 0 Å². The van der Waals surface area contributed by atoms with Gasteiger partial charge in [0.1, 0.15) is 12.4 Å². The highest BCUT2D eigenvalue weighted by atomic mass is 19.1. The van der Waals surface area contributed by atoms with E-state index in [1.807, 2.05) is 12.1 Å². The summed E-state index contributed by atoms with van der Waals surface area (Å²) in [7, 11) is 0. The van der Waals surface area contributed by atoms with Gasteiger partial charge in [-0.2, -0.15) is 0 Å². The zero-order valence-corrected chi connectivity index (χ0v) is 8.11. The minimum Gasteiger partial charge on any atom is -0.232 e. The van der Waals surface area contributed by atoms with Gasteiger partial charge in [0, 0.05) is 0 Å². The summed E-state index contributed by atoms with van der Waals surface area (Å²) in [5, 5.41) is 10.6. The zero-order chi connectivity index (χ0) is 10.7. The van der Waals surface area contributed by atoms with E-state index in [0.717, 1.165) is 16.7 Å². The first-order chi connectivity index (χ1) is 7.29. The van der Waals surface area contributed by atoms with Gasteiger partial charge in [-0.1, -0.05) is 36.4 Å². The summed E-state index contributed by atoms with van der Waals surface area (Å²) < 4.78 is 12.7. The van der Waals surface area contributed by atoms with Gasteiger partial charge in [0.2, 0.25) is 0 Å². The molecule has 2 aromatic rings. The van der Waals surface area contributed by atoms with Crippen LogP contribution in [0.25, 0.3) is 11.1 Å². The molecule has 0 aliphatic carbocycles. The predicted octanol–water partition coefficient (Wildman–Crippen LogP) is 3.42. The normalized spacial score (nSPS) is 10.3. The maximum Gasteiger partial charge on any atom is 0.123 e. The molecule has 1 radical (unpaired) electrons. The summed E-state index contributed by atoms with van der Waals surface area (Å²) in [4.78, 5) is 0. The smallest absolute Gasteiger partial charge is 0.123 e. The fourth-order valence-corrected chi connectivity index (χ4v) is 1.44. The van der Waals surface area contributed by atoms with Gasteiger partial charge in [0.05, 0.1) is 0 Å². The largest absolute Gasteiger partial charge is 0.232 e. The summed E-state index contributed by atoms with van der Waals surface area (Å²) in [5.74, 6) is -0.241. The van der Waals surface area contributed by atoms with Gasteiger partial charge in [-0.25, -0.2) is 9.50 Å². The average Bonchev–Trinajstić information content (AvgIpc) is 2.30. The molecule has 0 saturated heterocycles. The second kappa shape index (κ2) is 4.24. The second-order valence-corrected chi connectivity index (χ2v) is 3.35. The molecule has 0 amide bonds. The lowest BCUT2D eigenvalue weighted by molar-refractivity contribution is 0.177. The molecular formula is C13H10FO. The Hall–Kier alpha value is -1.67. The highest BCUT2D eigenvalue weighted by Gasteiger charge is 1.98. The molecule has 15 heavy (non-hydrogen) atoms. The van der Waals surface area contributed by atoms with Crippen molar-refractivity contribution in [3.8, 4) is 11.1 Å². The first-order valence-corrected chi connectivity index (χ1v) is 4.72. The molecule has 0 atom stereocenters. The lowest BCUT2D eigenvalue weighted by Gasteiger charge is -2.02. The fourth-order valence-electron chi connectivity index (χ4n) is 1.44. The van der Waals surface area contributed by atoms with Crippen molar-refractivity contribution in [1.29, 1.82) is 0 Å². The summed E-state index contributed by atoms with van der Waals surface area (Å²) in [6.45, 7) is -0.205. The van der Waals surface area contributed by atoms with Crippen molar-refractivity contribution in [2.75, 3.05) is 0 Å². The molecule has 0 aliphatic rings. The van der Waals surface area contributed by atoms with Crippen molar-refractivity contribution < 1.29 is 9.50 Å². The molecule has 75 valence electrons. The summed E-state index contributed by atoms with van der Waals surface area (Å²) in [6.07, 6.45) is 0. The van der Waals surface area contributed by atoms with Crippen LogP contribution in [-0.4, -0.2) is 0 Å². The molecule has 2 aromatic carbocycles. The van der Waals surface area contributed by atoms with Crippen molar-refractivity contribution >= 4 is 0 Å². The standard InChI is InChI=1S/C13H10FO/c14-13-7-5-12(6-8-13)11-3-1-10(9-15)2-4-11/h1-8H,9H2. The van der Waals surface area contributed by atoms with E-state index in [9.17, 15) is 9.50 Å². The number of hydrogen-bond donors (Lipinski definition) is 0. The molecule has 2 heteroatoms. The monoisotopic (exact) mass is 201 g/mol. The Morgan fingerprint density at radius 3 is 1.73 bits per heavy atom. The predicted molar refractivity (Wildman–Crippen MR) is 56.2 cm³/mol. The summed E-state index contributed by atoms with van der Waals surface area (Å²) in [5.41, 5.74) is 2.71. The third-order valence-corrected chi connectivity index (χ3v) is 2.30. The molecule has 0 N–H and O–H groups in total. The Kier molecular flexibility index (Phi) is 2.79. The maximum absolute atomic E-state index is 12.7. The zero-order valence-electron chi connectivity index (χ0n) is 8.11. The van der Waals surface area contributed by atoms with Crippen molar-refractivity contribution in [2.45, 2.75) is 6.61 Å². The minimum atomic E-state index is -0.241. The maximum atomic E-state index is 12.7. The van der Waals surface area contributed by atoms with E-state index in [1.165, 1.54) is 12.1 Å². The van der Waals surface area contributed by atoms with Crippen LogP contribution in [0.4, 0.5) is 4.39 Å². The Labute approximate surface area is 87.8 Å². The van der Waals surface area contributed by atoms with Gasteiger partial charge < -0.3 is 0 Å². The number of halogens is 1. The van der Waals surface area contributed by atoms with Crippen molar-refractivity contribution in [3.63, 3.8) is 0 Å². The fraction of sp³-hybridized carbons (Fsp3) is 0.0769. The van der Waals surface area contributed by atoms with Gasteiger partial charge in [-0.15, -0.1) is 0 Å². The van der Waals surface area contributed by atoms with E-state index in [4.69, 9.17) is 0 Å². The van der Waals surface area contributed by atoms with Gasteiger partial charge in [0.15, 0.2) is 0 Å². The Morgan fingerprint density at radius 2 is 1.27 bits per heavy atom. The Balaban J connectivity index is 2.33. The number of benzene rings is 2. The minimum absolute atomic E-state index is 0.205. The van der Waals surface area contributed by atoms with Gasteiger partial charge in [0.25, 0.3) is 0 Å². The Bertz CT molecular complexity index is 431. The molecule has 0 aliphatic heterocycles. The van der Waals surface area contributed by atoms with Crippen LogP contribution in [0.2, 0.25) is 0 Å². The van der Waals surface area contributed by atoms with E-state index in [0.29, 0.717) is 0 Å². The molecule has 2 rings (SSSR count). The van der Waals surface area contributed by atoms with Crippen molar-refractivity contribution in [1.82, 2.24) is 0 Å². The molecule has 0 heterocycles. The molecule has 0 aromatic heterocycles. The van der Waals surface area contributed by atoms with Crippen LogP contribution in [-0.2, 0) is 11.7 Å². The van der Waals surface area contributed by atoms with Gasteiger partial charge in [-0.05, 0) is 28.8 Å². The number of rotatable bonds is 2. The van der Waals surface area contributed by atoms with Crippen LogP contribution in [0, 0.1) is 5.82 Å². The summed E-state index contributed by atoms with van der Waals surface area (Å²) in [6, 6.07) is 13.6. The quantitative estimate of drug-likeness (QED) is 0.709. The third-order valence-electron chi connectivity index (χ3n) is 2.30. The van der Waals surface area contributed by atoms with Gasteiger partial charge >= 0.3 is 0 Å². The molecular weight excluding hydrogens is 191 g/mol. The van der Waals surface area contributed by atoms with Crippen LogP contribution < -0.4 is 0 Å². The second-order valence-electron chi connectivity index (χ2n) is 3.35. The van der Waals surface area contributed by atoms with E-state index in [1.54, 1.807) is 24.3 Å². The van der Waals surface area contributed by atoms with Crippen LogP contribution >= 0.6 is 0 Å². The topological polar surface area (TPSA) is 19.9 Å². The first-order valence-electron chi connectivity index (χ1n) is 4.72. The van der Waals surface area contributed by atoms with Crippen molar-refractivity contribution in [3.05, 3.63) is 59.9 Å².